The molecule has 3 N–H and O–H groups in total. The van der Waals surface area contributed by atoms with Gasteiger partial charge in [0.1, 0.15) is 6.10 Å². The van der Waals surface area contributed by atoms with Gasteiger partial charge in [-0.15, -0.1) is 0 Å². The minimum absolute atomic E-state index is 0.0401. The van der Waals surface area contributed by atoms with E-state index in [2.05, 4.69) is 86.8 Å². The number of esters is 1. The van der Waals surface area contributed by atoms with Crippen LogP contribution in [0, 0.1) is 0 Å². The second-order valence-corrected chi connectivity index (χ2v) is 19.3. The topological polar surface area (TPSA) is 95.9 Å². The number of allylic oxidation sites excluding steroid dienone is 10. The Morgan fingerprint density at radius 1 is 0.455 bits per heavy atom. The van der Waals surface area contributed by atoms with Gasteiger partial charge >= 0.3 is 5.97 Å². The Morgan fingerprint density at radius 3 is 1.21 bits per heavy atom. The molecular weight excluding hydrogens is 815 g/mol. The van der Waals surface area contributed by atoms with Gasteiger partial charge in [-0.3, -0.25) is 9.59 Å². The molecule has 0 bridgehead atoms. The van der Waals surface area contributed by atoms with Crippen LogP contribution in [0.3, 0.4) is 0 Å². The minimum atomic E-state index is -0.803. The van der Waals surface area contributed by atoms with E-state index in [0.29, 0.717) is 19.3 Å². The van der Waals surface area contributed by atoms with E-state index in [1.165, 1.54) is 154 Å². The maximum Gasteiger partial charge on any atom is 0.306 e. The smallest absolute Gasteiger partial charge is 0.306 e. The zero-order valence-corrected chi connectivity index (χ0v) is 43.8. The molecule has 0 aliphatic carbocycles. The predicted octanol–water partition coefficient (Wildman–Crippen LogP) is 17.6. The number of unbranched alkanes of at least 4 members (excludes halogenated alkanes) is 29. The first-order valence-corrected chi connectivity index (χ1v) is 28.5. The Hall–Kier alpha value is -2.44. The lowest BCUT2D eigenvalue weighted by Gasteiger charge is -2.24. The van der Waals surface area contributed by atoms with Gasteiger partial charge in [-0.05, 0) is 64.2 Å². The molecule has 0 aromatic heterocycles. The van der Waals surface area contributed by atoms with Crippen LogP contribution in [0.4, 0.5) is 0 Å². The molecule has 0 fully saturated rings. The summed E-state index contributed by atoms with van der Waals surface area (Å²) in [6.45, 7) is 6.38. The van der Waals surface area contributed by atoms with Crippen molar-refractivity contribution >= 4 is 11.9 Å². The Bertz CT molecular complexity index is 1170. The highest BCUT2D eigenvalue weighted by Crippen LogP contribution is 2.18. The fraction of sp³-hybridized carbons (Fsp3) is 0.800. The SMILES string of the molecule is CC/C=C\C/C=C\C/C=C\C/C=C\C/C=C\CCCC(CC(=O)NC(CO)C(O)CCCCCCCCCCCCCCCCCC)OC(=O)CCCCCCCCCCCCCCCC. The number of nitrogens with one attached hydrogen (secondary N) is 1. The quantitative estimate of drug-likeness (QED) is 0.0321. The Kier molecular flexibility index (Phi) is 51.5. The van der Waals surface area contributed by atoms with Crippen molar-refractivity contribution in [3.63, 3.8) is 0 Å². The molecule has 0 aliphatic rings. The summed E-state index contributed by atoms with van der Waals surface area (Å²) in [4.78, 5) is 26.2. The minimum Gasteiger partial charge on any atom is -0.462 e. The molecule has 0 radical (unpaired) electrons. The predicted molar refractivity (Wildman–Crippen MR) is 287 cm³/mol. The van der Waals surface area contributed by atoms with Gasteiger partial charge in [0.05, 0.1) is 25.2 Å². The molecule has 0 rings (SSSR count). The third-order valence-corrected chi connectivity index (χ3v) is 12.9. The summed E-state index contributed by atoms with van der Waals surface area (Å²) in [6, 6.07) is -0.720. The summed E-state index contributed by atoms with van der Waals surface area (Å²) in [6.07, 6.45) is 67.2. The molecule has 0 saturated carbocycles. The molecule has 0 aromatic carbocycles. The third kappa shape index (κ3) is 48.0. The van der Waals surface area contributed by atoms with Crippen LogP contribution in [0.5, 0.6) is 0 Å². The zero-order chi connectivity index (χ0) is 48.1. The number of carbonyl (C=O) groups excluding carboxylic acids is 2. The molecule has 0 aromatic rings. The van der Waals surface area contributed by atoms with Crippen LogP contribution in [0.1, 0.15) is 284 Å². The van der Waals surface area contributed by atoms with E-state index < -0.39 is 18.2 Å². The van der Waals surface area contributed by atoms with Crippen LogP contribution in [0.15, 0.2) is 60.8 Å². The summed E-state index contributed by atoms with van der Waals surface area (Å²) in [7, 11) is 0. The van der Waals surface area contributed by atoms with E-state index >= 15 is 0 Å². The van der Waals surface area contributed by atoms with Gasteiger partial charge in [-0.1, -0.05) is 268 Å². The highest BCUT2D eigenvalue weighted by molar-refractivity contribution is 5.77. The first-order valence-electron chi connectivity index (χ1n) is 28.5. The first kappa shape index (κ1) is 63.6. The van der Waals surface area contributed by atoms with E-state index in [0.717, 1.165) is 83.5 Å². The molecule has 0 spiro atoms. The molecule has 0 saturated heterocycles. The number of aliphatic hydroxyl groups excluding tert-OH is 2. The normalized spacial score (nSPS) is 13.6. The number of hydrogen-bond donors (Lipinski definition) is 3. The maximum absolute atomic E-state index is 13.3. The van der Waals surface area contributed by atoms with Crippen LogP contribution in [0.25, 0.3) is 0 Å². The van der Waals surface area contributed by atoms with Crippen molar-refractivity contribution in [2.45, 2.75) is 302 Å². The van der Waals surface area contributed by atoms with Crippen molar-refractivity contribution in [3.05, 3.63) is 60.8 Å². The first-order chi connectivity index (χ1) is 32.5. The lowest BCUT2D eigenvalue weighted by molar-refractivity contribution is -0.151. The molecule has 6 nitrogen and oxygen atoms in total. The van der Waals surface area contributed by atoms with E-state index in [9.17, 15) is 19.8 Å². The van der Waals surface area contributed by atoms with Gasteiger partial charge in [-0.25, -0.2) is 0 Å². The van der Waals surface area contributed by atoms with Crippen LogP contribution >= 0.6 is 0 Å². The third-order valence-electron chi connectivity index (χ3n) is 12.9. The fourth-order valence-electron chi connectivity index (χ4n) is 8.58. The largest absolute Gasteiger partial charge is 0.462 e. The van der Waals surface area contributed by atoms with Crippen molar-refractivity contribution in [1.82, 2.24) is 5.32 Å². The number of carbonyl (C=O) groups is 2. The maximum atomic E-state index is 13.3. The summed E-state index contributed by atoms with van der Waals surface area (Å²) in [5.74, 6) is -0.520. The van der Waals surface area contributed by atoms with E-state index in [1.54, 1.807) is 0 Å². The number of hydrogen-bond acceptors (Lipinski definition) is 5. The average molecular weight is 925 g/mol. The van der Waals surface area contributed by atoms with E-state index in [-0.39, 0.29) is 24.9 Å². The van der Waals surface area contributed by atoms with Crippen molar-refractivity contribution in [3.8, 4) is 0 Å². The summed E-state index contributed by atoms with van der Waals surface area (Å²) in [5.41, 5.74) is 0. The molecular formula is C60H109NO5. The fourth-order valence-corrected chi connectivity index (χ4v) is 8.58. The van der Waals surface area contributed by atoms with Crippen molar-refractivity contribution in [1.29, 1.82) is 0 Å². The monoisotopic (exact) mass is 924 g/mol. The number of amides is 1. The zero-order valence-electron chi connectivity index (χ0n) is 43.8. The lowest BCUT2D eigenvalue weighted by atomic mass is 10.0. The van der Waals surface area contributed by atoms with Crippen molar-refractivity contribution in [2.24, 2.45) is 0 Å². The molecule has 6 heteroatoms. The Balaban J connectivity index is 4.64. The molecule has 1 amide bonds. The van der Waals surface area contributed by atoms with Crippen LogP contribution in [-0.2, 0) is 14.3 Å². The summed E-state index contributed by atoms with van der Waals surface area (Å²) >= 11 is 0. The summed E-state index contributed by atoms with van der Waals surface area (Å²) < 4.78 is 5.93. The molecule has 3 atom stereocenters. The highest BCUT2D eigenvalue weighted by atomic mass is 16.5. The standard InChI is InChI=1S/C60H109NO5/c1-4-7-10-13-16-19-22-25-28-30-31-33-36-39-42-45-48-51-56(66-60(65)53-50-47-44-41-38-35-27-24-21-18-15-12-9-6-3)54-59(64)61-57(55-62)58(63)52-49-46-43-40-37-34-32-29-26-23-20-17-14-11-8-5-2/h7,10,16,19,25,28,31,33,39,42,56-58,62-63H,4-6,8-9,11-15,17-18,20-24,26-27,29-30,32,34-38,40-41,43-55H2,1-3H3,(H,61,64)/b10-7-,19-16-,28-25-,33-31-,42-39-. The van der Waals surface area contributed by atoms with E-state index in [4.69, 9.17) is 4.74 Å². The van der Waals surface area contributed by atoms with Gasteiger partial charge in [0.25, 0.3) is 0 Å². The molecule has 0 heterocycles. The van der Waals surface area contributed by atoms with Gasteiger partial charge in [0, 0.05) is 6.42 Å². The van der Waals surface area contributed by atoms with Crippen LogP contribution in [0.2, 0.25) is 0 Å². The van der Waals surface area contributed by atoms with Gasteiger partial charge < -0.3 is 20.3 Å². The van der Waals surface area contributed by atoms with Crippen LogP contribution in [-0.4, -0.2) is 46.9 Å². The second-order valence-electron chi connectivity index (χ2n) is 19.3. The Labute approximate surface area is 409 Å². The number of rotatable bonds is 51. The van der Waals surface area contributed by atoms with Crippen molar-refractivity contribution < 1.29 is 24.5 Å². The van der Waals surface area contributed by atoms with E-state index in [1.807, 2.05) is 0 Å². The van der Waals surface area contributed by atoms with Crippen molar-refractivity contribution in [2.75, 3.05) is 6.61 Å². The molecule has 0 aliphatic heterocycles. The van der Waals surface area contributed by atoms with Gasteiger partial charge in [0.2, 0.25) is 5.91 Å². The molecule has 66 heavy (non-hydrogen) atoms. The second kappa shape index (κ2) is 53.5. The van der Waals surface area contributed by atoms with Gasteiger partial charge in [0.15, 0.2) is 0 Å². The lowest BCUT2D eigenvalue weighted by Crippen LogP contribution is -2.46. The van der Waals surface area contributed by atoms with Gasteiger partial charge in [-0.2, -0.15) is 0 Å². The summed E-state index contributed by atoms with van der Waals surface area (Å²) in [5, 5.41) is 23.9. The number of aliphatic hydroxyl groups is 2. The van der Waals surface area contributed by atoms with Crippen LogP contribution < -0.4 is 5.32 Å². The average Bonchev–Trinajstić information content (AvgIpc) is 3.31. The molecule has 384 valence electrons. The highest BCUT2D eigenvalue weighted by Gasteiger charge is 2.24. The number of ether oxygens (including phenoxy) is 1. The Morgan fingerprint density at radius 2 is 0.818 bits per heavy atom. The molecule has 3 unspecified atom stereocenters.